The van der Waals surface area contributed by atoms with Gasteiger partial charge in [0.25, 0.3) is 0 Å². The fourth-order valence-electron chi connectivity index (χ4n) is 5.35. The van der Waals surface area contributed by atoms with Gasteiger partial charge in [0.05, 0.1) is 31.3 Å². The number of hydrogen-bond acceptors (Lipinski definition) is 4. The molecule has 5 rings (SSSR count). The first-order valence-electron chi connectivity index (χ1n) is 12.2. The minimum Gasteiger partial charge on any atom is -0.378 e. The average Bonchev–Trinajstić information content (AvgIpc) is 2.91. The van der Waals surface area contributed by atoms with E-state index in [0.717, 1.165) is 21.2 Å². The number of carbonyl (C=O) groups excluding carboxylic acids is 2. The maximum absolute atomic E-state index is 13.8. The Kier molecular flexibility index (Phi) is 7.58. The summed E-state index contributed by atoms with van der Waals surface area (Å²) >= 11 is 3.42. The number of hydrogen-bond donors (Lipinski definition) is 1. The number of nitrogens with one attached hydrogen (secondary N) is 1. The third kappa shape index (κ3) is 5.13. The van der Waals surface area contributed by atoms with Gasteiger partial charge in [0.2, 0.25) is 11.8 Å². The van der Waals surface area contributed by atoms with E-state index in [0.29, 0.717) is 26.3 Å². The first kappa shape index (κ1) is 24.4. The van der Waals surface area contributed by atoms with Gasteiger partial charge in [-0.1, -0.05) is 88.7 Å². The molecule has 2 atom stereocenters. The van der Waals surface area contributed by atoms with Crippen LogP contribution in [0.15, 0.2) is 94.5 Å². The van der Waals surface area contributed by atoms with Crippen molar-refractivity contribution in [1.29, 1.82) is 0 Å². The zero-order valence-electron chi connectivity index (χ0n) is 19.8. The molecule has 0 radical (unpaired) electrons. The molecular weight excluding hydrogens is 518 g/mol. The number of benzene rings is 3. The van der Waals surface area contributed by atoms with Crippen LogP contribution in [0.3, 0.4) is 0 Å². The highest BCUT2D eigenvalue weighted by Crippen LogP contribution is 2.58. The van der Waals surface area contributed by atoms with Crippen molar-refractivity contribution in [3.63, 3.8) is 0 Å². The number of hydrazone groups is 1. The van der Waals surface area contributed by atoms with Gasteiger partial charge in [-0.15, -0.1) is 0 Å². The van der Waals surface area contributed by atoms with Crippen LogP contribution in [0, 0.1) is 11.8 Å². The van der Waals surface area contributed by atoms with Crippen LogP contribution in [0.4, 0.5) is 0 Å². The van der Waals surface area contributed by atoms with E-state index in [1.54, 1.807) is 6.21 Å². The summed E-state index contributed by atoms with van der Waals surface area (Å²) in [4.78, 5) is 29.3. The van der Waals surface area contributed by atoms with Crippen molar-refractivity contribution in [3.8, 4) is 0 Å². The van der Waals surface area contributed by atoms with Crippen LogP contribution in [-0.2, 0) is 14.3 Å². The zero-order chi connectivity index (χ0) is 24.9. The third-order valence-corrected chi connectivity index (χ3v) is 7.61. The van der Waals surface area contributed by atoms with E-state index in [9.17, 15) is 9.59 Å². The number of halogens is 1. The van der Waals surface area contributed by atoms with Crippen molar-refractivity contribution in [2.75, 3.05) is 26.3 Å². The molecule has 184 valence electrons. The molecule has 1 heterocycles. The van der Waals surface area contributed by atoms with E-state index in [-0.39, 0.29) is 29.6 Å². The summed E-state index contributed by atoms with van der Waals surface area (Å²) in [6, 6.07) is 27.5. The van der Waals surface area contributed by atoms with E-state index in [1.165, 1.54) is 0 Å². The van der Waals surface area contributed by atoms with Gasteiger partial charge < -0.3 is 9.64 Å². The monoisotopic (exact) mass is 545 g/mol. The zero-order valence-corrected chi connectivity index (χ0v) is 21.4. The molecule has 0 unspecified atom stereocenters. The lowest BCUT2D eigenvalue weighted by molar-refractivity contribution is -0.151. The van der Waals surface area contributed by atoms with Crippen molar-refractivity contribution >= 4 is 34.0 Å². The van der Waals surface area contributed by atoms with Crippen LogP contribution in [0.1, 0.15) is 28.5 Å². The van der Waals surface area contributed by atoms with Gasteiger partial charge in [-0.25, -0.2) is 5.43 Å². The Bertz CT molecular complexity index is 1160. The highest BCUT2D eigenvalue weighted by Gasteiger charge is 2.58. The summed E-state index contributed by atoms with van der Waals surface area (Å²) in [5.41, 5.74) is 5.63. The Morgan fingerprint density at radius 2 is 1.39 bits per heavy atom. The highest BCUT2D eigenvalue weighted by atomic mass is 79.9. The molecular formula is C29H28BrN3O3. The number of nitrogens with zero attached hydrogens (tertiary/aromatic N) is 2. The largest absolute Gasteiger partial charge is 0.378 e. The van der Waals surface area contributed by atoms with Crippen LogP contribution in [0.25, 0.3) is 0 Å². The van der Waals surface area contributed by atoms with E-state index in [4.69, 9.17) is 4.74 Å². The Morgan fingerprint density at radius 1 is 0.833 bits per heavy atom. The Labute approximate surface area is 219 Å². The molecule has 1 aliphatic heterocycles. The topological polar surface area (TPSA) is 71.0 Å². The minimum absolute atomic E-state index is 0.0865. The van der Waals surface area contributed by atoms with E-state index in [2.05, 4.69) is 26.5 Å². The van der Waals surface area contributed by atoms with Gasteiger partial charge in [-0.05, 0) is 28.8 Å². The van der Waals surface area contributed by atoms with Crippen LogP contribution in [0.2, 0.25) is 0 Å². The maximum Gasteiger partial charge on any atom is 0.244 e. The Hall–Kier alpha value is -3.29. The number of morpholine rings is 1. The van der Waals surface area contributed by atoms with Crippen molar-refractivity contribution in [2.45, 2.75) is 11.8 Å². The molecule has 6 nitrogen and oxygen atoms in total. The Morgan fingerprint density at radius 3 is 1.94 bits per heavy atom. The molecule has 0 bridgehead atoms. The molecule has 36 heavy (non-hydrogen) atoms. The van der Waals surface area contributed by atoms with Crippen LogP contribution >= 0.6 is 15.9 Å². The van der Waals surface area contributed by atoms with E-state index in [1.807, 2.05) is 89.8 Å². The van der Waals surface area contributed by atoms with Gasteiger partial charge in [-0.2, -0.15) is 5.10 Å². The predicted molar refractivity (Wildman–Crippen MR) is 143 cm³/mol. The quantitative estimate of drug-likeness (QED) is 0.364. The first-order valence-corrected chi connectivity index (χ1v) is 13.0. The van der Waals surface area contributed by atoms with Crippen molar-refractivity contribution in [1.82, 2.24) is 10.3 Å². The highest BCUT2D eigenvalue weighted by molar-refractivity contribution is 9.10. The standard InChI is InChI=1S/C29H28BrN3O3/c30-23-13-11-20(12-14-23)19-31-32-28(34)26-24(21-7-3-1-4-8-21)27(25(26)22-9-5-2-6-10-22)29(35)33-15-17-36-18-16-33/h1-14,19,24-27H,15-18H2,(H,32,34)/b31-19-/t24-,25-,26?,27?/m1/s1. The van der Waals surface area contributed by atoms with Crippen molar-refractivity contribution in [3.05, 3.63) is 106 Å². The van der Waals surface area contributed by atoms with Crippen LogP contribution < -0.4 is 5.43 Å². The number of ether oxygens (including phenoxy) is 1. The average molecular weight is 546 g/mol. The lowest BCUT2D eigenvalue weighted by Gasteiger charge is -2.52. The van der Waals surface area contributed by atoms with Gasteiger partial charge in [0.15, 0.2) is 0 Å². The SMILES string of the molecule is O=C(N/N=C\c1ccc(Br)cc1)C1[C@@H](c2ccccc2)C(C(=O)N2CCOCC2)[C@@H]1c1ccccc1. The summed E-state index contributed by atoms with van der Waals surface area (Å²) in [6.07, 6.45) is 1.63. The number of carbonyl (C=O) groups is 2. The lowest BCUT2D eigenvalue weighted by Crippen LogP contribution is -2.57. The number of rotatable bonds is 6. The smallest absolute Gasteiger partial charge is 0.244 e. The second kappa shape index (κ2) is 11.2. The van der Waals surface area contributed by atoms with Gasteiger partial charge in [-0.3, -0.25) is 9.59 Å². The van der Waals surface area contributed by atoms with Crippen LogP contribution in [-0.4, -0.2) is 49.2 Å². The molecule has 1 saturated heterocycles. The molecule has 0 spiro atoms. The summed E-state index contributed by atoms with van der Waals surface area (Å²) in [6.45, 7) is 2.23. The molecule has 0 aromatic heterocycles. The number of amides is 2. The summed E-state index contributed by atoms with van der Waals surface area (Å²) < 4.78 is 6.45. The molecule has 1 saturated carbocycles. The minimum atomic E-state index is -0.424. The van der Waals surface area contributed by atoms with Gasteiger partial charge in [0, 0.05) is 29.4 Å². The molecule has 1 N–H and O–H groups in total. The lowest BCUT2D eigenvalue weighted by atomic mass is 9.51. The summed E-state index contributed by atoms with van der Waals surface area (Å²) in [7, 11) is 0. The first-order chi connectivity index (χ1) is 17.6. The summed E-state index contributed by atoms with van der Waals surface area (Å²) in [5.74, 6) is -1.34. The third-order valence-electron chi connectivity index (χ3n) is 7.09. The second-order valence-electron chi connectivity index (χ2n) is 9.15. The molecule has 2 amide bonds. The van der Waals surface area contributed by atoms with Crippen LogP contribution in [0.5, 0.6) is 0 Å². The molecule has 7 heteroatoms. The summed E-state index contributed by atoms with van der Waals surface area (Å²) in [5, 5.41) is 4.24. The molecule has 2 fully saturated rings. The molecule has 2 aliphatic rings. The van der Waals surface area contributed by atoms with Crippen molar-refractivity contribution in [2.24, 2.45) is 16.9 Å². The Balaban J connectivity index is 1.46. The van der Waals surface area contributed by atoms with E-state index < -0.39 is 5.92 Å². The fraction of sp³-hybridized carbons (Fsp3) is 0.276. The molecule has 3 aromatic rings. The van der Waals surface area contributed by atoms with Crippen molar-refractivity contribution < 1.29 is 14.3 Å². The molecule has 3 aromatic carbocycles. The molecule has 1 aliphatic carbocycles. The van der Waals surface area contributed by atoms with Gasteiger partial charge in [0.1, 0.15) is 0 Å². The second-order valence-corrected chi connectivity index (χ2v) is 10.1. The van der Waals surface area contributed by atoms with Gasteiger partial charge >= 0.3 is 0 Å². The normalized spacial score (nSPS) is 23.8. The van der Waals surface area contributed by atoms with E-state index >= 15 is 0 Å². The fourth-order valence-corrected chi connectivity index (χ4v) is 5.61. The maximum atomic E-state index is 13.8. The predicted octanol–water partition coefficient (Wildman–Crippen LogP) is 4.57.